The maximum atomic E-state index is 6.07. The molecule has 0 bridgehead atoms. The van der Waals surface area contributed by atoms with Crippen LogP contribution in [0.1, 0.15) is 11.1 Å². The van der Waals surface area contributed by atoms with Crippen LogP contribution in [-0.4, -0.2) is 11.5 Å². The summed E-state index contributed by atoms with van der Waals surface area (Å²) >= 11 is 3.55. The van der Waals surface area contributed by atoms with Crippen molar-refractivity contribution in [2.75, 3.05) is 17.2 Å². The third kappa shape index (κ3) is 1.97. The SMILES string of the molecule is Nc1cccc2c1CN(c1ccncc1Br)CC2. The van der Waals surface area contributed by atoms with E-state index in [1.807, 2.05) is 30.6 Å². The maximum Gasteiger partial charge on any atom is 0.0592 e. The zero-order valence-corrected chi connectivity index (χ0v) is 11.5. The number of rotatable bonds is 1. The number of nitrogens with zero attached hydrogens (tertiary/aromatic N) is 2. The first-order valence-corrected chi connectivity index (χ1v) is 6.75. The van der Waals surface area contributed by atoms with Crippen LogP contribution >= 0.6 is 15.9 Å². The number of hydrogen-bond donors (Lipinski definition) is 1. The van der Waals surface area contributed by atoms with Gasteiger partial charge in [0.2, 0.25) is 0 Å². The van der Waals surface area contributed by atoms with Gasteiger partial charge in [0.05, 0.1) is 10.2 Å². The number of benzene rings is 1. The van der Waals surface area contributed by atoms with E-state index in [2.05, 4.69) is 31.9 Å². The summed E-state index contributed by atoms with van der Waals surface area (Å²) in [5.74, 6) is 0. The van der Waals surface area contributed by atoms with Crippen LogP contribution < -0.4 is 10.6 Å². The molecule has 0 unspecified atom stereocenters. The Morgan fingerprint density at radius 1 is 1.28 bits per heavy atom. The van der Waals surface area contributed by atoms with Crippen LogP contribution in [0.3, 0.4) is 0 Å². The zero-order valence-electron chi connectivity index (χ0n) is 9.94. The molecule has 4 heteroatoms. The highest BCUT2D eigenvalue weighted by molar-refractivity contribution is 9.10. The average Bonchev–Trinajstić information content (AvgIpc) is 2.40. The molecular weight excluding hydrogens is 290 g/mol. The van der Waals surface area contributed by atoms with Crippen LogP contribution in [0.4, 0.5) is 11.4 Å². The molecule has 0 spiro atoms. The Labute approximate surface area is 115 Å². The van der Waals surface area contributed by atoms with Gasteiger partial charge in [-0.3, -0.25) is 4.98 Å². The number of anilines is 2. The summed E-state index contributed by atoms with van der Waals surface area (Å²) < 4.78 is 1.03. The van der Waals surface area contributed by atoms with Gasteiger partial charge < -0.3 is 10.6 Å². The fourth-order valence-corrected chi connectivity index (χ4v) is 2.94. The number of nitrogens with two attached hydrogens (primary N) is 1. The summed E-state index contributed by atoms with van der Waals surface area (Å²) in [6.45, 7) is 1.88. The number of nitrogen functional groups attached to an aromatic ring is 1. The first-order valence-electron chi connectivity index (χ1n) is 5.96. The van der Waals surface area contributed by atoms with Crippen molar-refractivity contribution in [3.8, 4) is 0 Å². The summed E-state index contributed by atoms with van der Waals surface area (Å²) in [6, 6.07) is 8.22. The summed E-state index contributed by atoms with van der Waals surface area (Å²) in [5.41, 5.74) is 10.8. The average molecular weight is 304 g/mol. The van der Waals surface area contributed by atoms with Gasteiger partial charge in [-0.15, -0.1) is 0 Å². The highest BCUT2D eigenvalue weighted by Crippen LogP contribution is 2.31. The molecule has 2 aromatic rings. The Hall–Kier alpha value is -1.55. The lowest BCUT2D eigenvalue weighted by Gasteiger charge is -2.32. The molecule has 0 fully saturated rings. The molecule has 0 amide bonds. The molecule has 1 aromatic heterocycles. The molecular formula is C14H14BrN3. The Balaban J connectivity index is 1.96. The topological polar surface area (TPSA) is 42.1 Å². The van der Waals surface area contributed by atoms with Gasteiger partial charge >= 0.3 is 0 Å². The van der Waals surface area contributed by atoms with E-state index in [0.29, 0.717) is 0 Å². The van der Waals surface area contributed by atoms with Gasteiger partial charge in [-0.25, -0.2) is 0 Å². The van der Waals surface area contributed by atoms with E-state index >= 15 is 0 Å². The molecule has 3 nitrogen and oxygen atoms in total. The number of aromatic nitrogens is 1. The standard InChI is InChI=1S/C14H14BrN3/c15-12-8-17-6-4-14(12)18-7-5-10-2-1-3-13(16)11(10)9-18/h1-4,6,8H,5,7,9,16H2. The summed E-state index contributed by atoms with van der Waals surface area (Å²) in [4.78, 5) is 6.44. The van der Waals surface area contributed by atoms with Crippen molar-refractivity contribution in [2.24, 2.45) is 0 Å². The fraction of sp³-hybridized carbons (Fsp3) is 0.214. The molecule has 1 aliphatic rings. The summed E-state index contributed by atoms with van der Waals surface area (Å²) in [6.07, 6.45) is 4.69. The predicted octanol–water partition coefficient (Wildman–Crippen LogP) is 2.99. The predicted molar refractivity (Wildman–Crippen MR) is 77.5 cm³/mol. The normalized spacial score (nSPS) is 14.4. The van der Waals surface area contributed by atoms with Gasteiger partial charge in [-0.05, 0) is 45.6 Å². The van der Waals surface area contributed by atoms with Crippen molar-refractivity contribution in [1.82, 2.24) is 4.98 Å². The fourth-order valence-electron chi connectivity index (χ4n) is 2.44. The van der Waals surface area contributed by atoms with Crippen LogP contribution in [0, 0.1) is 0 Å². The van der Waals surface area contributed by atoms with Gasteiger partial charge in [-0.1, -0.05) is 12.1 Å². The van der Waals surface area contributed by atoms with Crippen molar-refractivity contribution in [3.05, 3.63) is 52.3 Å². The molecule has 18 heavy (non-hydrogen) atoms. The summed E-state index contributed by atoms with van der Waals surface area (Å²) in [5, 5.41) is 0. The summed E-state index contributed by atoms with van der Waals surface area (Å²) in [7, 11) is 0. The molecule has 0 saturated heterocycles. The second-order valence-corrected chi connectivity index (χ2v) is 5.34. The van der Waals surface area contributed by atoms with Crippen molar-refractivity contribution in [1.29, 1.82) is 0 Å². The van der Waals surface area contributed by atoms with Gasteiger partial charge in [0.1, 0.15) is 0 Å². The van der Waals surface area contributed by atoms with E-state index in [4.69, 9.17) is 5.73 Å². The largest absolute Gasteiger partial charge is 0.398 e. The van der Waals surface area contributed by atoms with Crippen molar-refractivity contribution < 1.29 is 0 Å². The molecule has 92 valence electrons. The second kappa shape index (κ2) is 4.61. The van der Waals surface area contributed by atoms with Crippen LogP contribution in [0.25, 0.3) is 0 Å². The van der Waals surface area contributed by atoms with E-state index in [1.54, 1.807) is 0 Å². The smallest absolute Gasteiger partial charge is 0.0592 e. The highest BCUT2D eigenvalue weighted by Gasteiger charge is 2.19. The Morgan fingerprint density at radius 3 is 3.00 bits per heavy atom. The number of hydrogen-bond acceptors (Lipinski definition) is 3. The van der Waals surface area contributed by atoms with Gasteiger partial charge in [0.25, 0.3) is 0 Å². The van der Waals surface area contributed by atoms with Gasteiger partial charge in [0.15, 0.2) is 0 Å². The minimum Gasteiger partial charge on any atom is -0.398 e. The van der Waals surface area contributed by atoms with Crippen LogP contribution in [0.2, 0.25) is 0 Å². The lowest BCUT2D eigenvalue weighted by molar-refractivity contribution is 0.731. The third-order valence-electron chi connectivity index (χ3n) is 3.40. The number of pyridine rings is 1. The van der Waals surface area contributed by atoms with Crippen LogP contribution in [-0.2, 0) is 13.0 Å². The van der Waals surface area contributed by atoms with Crippen LogP contribution in [0.15, 0.2) is 41.1 Å². The van der Waals surface area contributed by atoms with E-state index in [-0.39, 0.29) is 0 Å². The molecule has 2 N–H and O–H groups in total. The Kier molecular flexibility index (Phi) is 2.96. The molecule has 0 saturated carbocycles. The maximum absolute atomic E-state index is 6.07. The lowest BCUT2D eigenvalue weighted by Crippen LogP contribution is -2.31. The quantitative estimate of drug-likeness (QED) is 0.824. The van der Waals surface area contributed by atoms with Crippen molar-refractivity contribution >= 4 is 27.3 Å². The van der Waals surface area contributed by atoms with Gasteiger partial charge in [-0.2, -0.15) is 0 Å². The van der Waals surface area contributed by atoms with Crippen molar-refractivity contribution in [2.45, 2.75) is 13.0 Å². The highest BCUT2D eigenvalue weighted by atomic mass is 79.9. The number of halogens is 1. The molecule has 2 heterocycles. The zero-order chi connectivity index (χ0) is 12.5. The first-order chi connectivity index (χ1) is 8.75. The van der Waals surface area contributed by atoms with Crippen molar-refractivity contribution in [3.63, 3.8) is 0 Å². The van der Waals surface area contributed by atoms with Gasteiger partial charge in [0, 0.05) is 31.2 Å². The molecule has 0 aliphatic carbocycles. The molecule has 1 aromatic carbocycles. The molecule has 0 radical (unpaired) electrons. The monoisotopic (exact) mass is 303 g/mol. The molecule has 3 rings (SSSR count). The minimum absolute atomic E-state index is 0.866. The lowest BCUT2D eigenvalue weighted by atomic mass is 9.98. The van der Waals surface area contributed by atoms with E-state index in [9.17, 15) is 0 Å². The Bertz CT molecular complexity index is 583. The first kappa shape index (κ1) is 11.5. The minimum atomic E-state index is 0.866. The third-order valence-corrected chi connectivity index (χ3v) is 4.01. The van der Waals surface area contributed by atoms with E-state index < -0.39 is 0 Å². The van der Waals surface area contributed by atoms with E-state index in [1.165, 1.54) is 16.8 Å². The number of fused-ring (bicyclic) bond motifs is 1. The van der Waals surface area contributed by atoms with Crippen LogP contribution in [0.5, 0.6) is 0 Å². The molecule has 1 aliphatic heterocycles. The Morgan fingerprint density at radius 2 is 2.17 bits per heavy atom. The second-order valence-electron chi connectivity index (χ2n) is 4.48. The molecule has 0 atom stereocenters. The van der Waals surface area contributed by atoms with E-state index in [0.717, 1.165) is 29.7 Å².